The SMILES string of the molecule is COC(=O)c1cccc(C(=O)Nc2ccccn2)c1C. The Balaban J connectivity index is 2.29. The maximum Gasteiger partial charge on any atom is 0.338 e. The van der Waals surface area contributed by atoms with Crippen molar-refractivity contribution in [2.75, 3.05) is 12.4 Å². The summed E-state index contributed by atoms with van der Waals surface area (Å²) in [4.78, 5) is 27.8. The molecule has 0 bridgehead atoms. The van der Waals surface area contributed by atoms with Gasteiger partial charge >= 0.3 is 5.97 Å². The van der Waals surface area contributed by atoms with E-state index in [1.807, 2.05) is 0 Å². The van der Waals surface area contributed by atoms with Gasteiger partial charge in [-0.05, 0) is 36.8 Å². The molecule has 0 aliphatic carbocycles. The van der Waals surface area contributed by atoms with Crippen LogP contribution in [0.25, 0.3) is 0 Å². The van der Waals surface area contributed by atoms with Crippen molar-refractivity contribution in [1.29, 1.82) is 0 Å². The predicted molar refractivity (Wildman–Crippen MR) is 74.7 cm³/mol. The molecule has 0 radical (unpaired) electrons. The fraction of sp³-hybridized carbons (Fsp3) is 0.133. The third kappa shape index (κ3) is 2.83. The van der Waals surface area contributed by atoms with E-state index in [-0.39, 0.29) is 5.91 Å². The molecule has 1 aromatic carbocycles. The molecule has 20 heavy (non-hydrogen) atoms. The summed E-state index contributed by atoms with van der Waals surface area (Å²) < 4.78 is 4.69. The van der Waals surface area contributed by atoms with E-state index in [4.69, 9.17) is 0 Å². The largest absolute Gasteiger partial charge is 0.465 e. The number of nitrogens with zero attached hydrogens (tertiary/aromatic N) is 1. The van der Waals surface area contributed by atoms with Crippen molar-refractivity contribution in [1.82, 2.24) is 4.98 Å². The molecule has 1 heterocycles. The van der Waals surface area contributed by atoms with E-state index in [9.17, 15) is 9.59 Å². The lowest BCUT2D eigenvalue weighted by atomic mass is 10.0. The molecule has 2 rings (SSSR count). The van der Waals surface area contributed by atoms with Crippen molar-refractivity contribution in [2.24, 2.45) is 0 Å². The van der Waals surface area contributed by atoms with Gasteiger partial charge in [0.2, 0.25) is 0 Å². The van der Waals surface area contributed by atoms with Crippen LogP contribution in [-0.2, 0) is 4.74 Å². The molecule has 1 aromatic heterocycles. The van der Waals surface area contributed by atoms with Crippen molar-refractivity contribution in [2.45, 2.75) is 6.92 Å². The topological polar surface area (TPSA) is 68.3 Å². The lowest BCUT2D eigenvalue weighted by Crippen LogP contribution is -2.16. The molecule has 5 heteroatoms. The summed E-state index contributed by atoms with van der Waals surface area (Å²) in [6.07, 6.45) is 1.59. The minimum absolute atomic E-state index is 0.313. The summed E-state index contributed by atoms with van der Waals surface area (Å²) in [6.45, 7) is 1.71. The molecule has 0 fully saturated rings. The number of esters is 1. The number of benzene rings is 1. The first-order valence-electron chi connectivity index (χ1n) is 6.04. The van der Waals surface area contributed by atoms with Crippen LogP contribution in [0.2, 0.25) is 0 Å². The number of carbonyl (C=O) groups excluding carboxylic acids is 2. The van der Waals surface area contributed by atoms with Gasteiger partial charge in [-0.25, -0.2) is 9.78 Å². The third-order valence-electron chi connectivity index (χ3n) is 2.89. The second-order valence-electron chi connectivity index (χ2n) is 4.14. The first-order chi connectivity index (χ1) is 9.63. The zero-order chi connectivity index (χ0) is 14.5. The standard InChI is InChI=1S/C15H14N2O3/c1-10-11(6-5-7-12(10)15(19)20-2)14(18)17-13-8-3-4-9-16-13/h3-9H,1-2H3,(H,16,17,18). The minimum atomic E-state index is -0.463. The van der Waals surface area contributed by atoms with Crippen molar-refractivity contribution in [3.63, 3.8) is 0 Å². The van der Waals surface area contributed by atoms with Crippen LogP contribution < -0.4 is 5.32 Å². The Kier molecular flexibility index (Phi) is 4.10. The third-order valence-corrected chi connectivity index (χ3v) is 2.89. The van der Waals surface area contributed by atoms with Crippen LogP contribution in [-0.4, -0.2) is 24.0 Å². The average Bonchev–Trinajstić information content (AvgIpc) is 2.47. The minimum Gasteiger partial charge on any atom is -0.465 e. The van der Waals surface area contributed by atoms with Gasteiger partial charge in [-0.15, -0.1) is 0 Å². The number of ether oxygens (including phenoxy) is 1. The van der Waals surface area contributed by atoms with Crippen LogP contribution in [0.3, 0.4) is 0 Å². The number of rotatable bonds is 3. The first kappa shape index (κ1) is 13.7. The number of hydrogen-bond donors (Lipinski definition) is 1. The van der Waals surface area contributed by atoms with Gasteiger partial charge in [0.15, 0.2) is 0 Å². The van der Waals surface area contributed by atoms with Gasteiger partial charge in [0.05, 0.1) is 12.7 Å². The number of carbonyl (C=O) groups is 2. The molecular formula is C15H14N2O3. The lowest BCUT2D eigenvalue weighted by Gasteiger charge is -2.10. The average molecular weight is 270 g/mol. The summed E-state index contributed by atoms with van der Waals surface area (Å²) in [7, 11) is 1.31. The van der Waals surface area contributed by atoms with E-state index in [1.54, 1.807) is 49.5 Å². The van der Waals surface area contributed by atoms with Crippen LogP contribution in [0.5, 0.6) is 0 Å². The van der Waals surface area contributed by atoms with Gasteiger partial charge in [-0.3, -0.25) is 4.79 Å². The number of methoxy groups -OCH3 is 1. The summed E-state index contributed by atoms with van der Waals surface area (Å²) >= 11 is 0. The fourth-order valence-electron chi connectivity index (χ4n) is 1.83. The summed E-state index contributed by atoms with van der Waals surface area (Å²) in [6, 6.07) is 10.2. The van der Waals surface area contributed by atoms with Gasteiger partial charge in [0.25, 0.3) is 5.91 Å². The number of nitrogens with one attached hydrogen (secondary N) is 1. The Hall–Kier alpha value is -2.69. The van der Waals surface area contributed by atoms with E-state index in [2.05, 4.69) is 15.0 Å². The maximum atomic E-state index is 12.2. The zero-order valence-electron chi connectivity index (χ0n) is 11.2. The Bertz CT molecular complexity index is 639. The molecule has 1 N–H and O–H groups in total. The molecule has 0 unspecified atom stereocenters. The Labute approximate surface area is 116 Å². The monoisotopic (exact) mass is 270 g/mol. The second kappa shape index (κ2) is 5.97. The number of aromatic nitrogens is 1. The van der Waals surface area contributed by atoms with Crippen molar-refractivity contribution in [3.8, 4) is 0 Å². The molecular weight excluding hydrogens is 256 g/mol. The van der Waals surface area contributed by atoms with Gasteiger partial charge in [-0.2, -0.15) is 0 Å². The van der Waals surface area contributed by atoms with E-state index in [1.165, 1.54) is 7.11 Å². The van der Waals surface area contributed by atoms with Gasteiger partial charge in [0.1, 0.15) is 5.82 Å². The van der Waals surface area contributed by atoms with Crippen molar-refractivity contribution >= 4 is 17.7 Å². The summed E-state index contributed by atoms with van der Waals surface area (Å²) in [5.74, 6) is -0.317. The van der Waals surface area contributed by atoms with Crippen LogP contribution in [0, 0.1) is 6.92 Å². The molecule has 2 aromatic rings. The molecule has 1 amide bonds. The highest BCUT2D eigenvalue weighted by Crippen LogP contribution is 2.16. The van der Waals surface area contributed by atoms with E-state index >= 15 is 0 Å². The van der Waals surface area contributed by atoms with E-state index in [0.29, 0.717) is 22.5 Å². The van der Waals surface area contributed by atoms with Crippen LogP contribution in [0.4, 0.5) is 5.82 Å². The highest BCUT2D eigenvalue weighted by atomic mass is 16.5. The number of amides is 1. The molecule has 0 spiro atoms. The molecule has 0 atom stereocenters. The molecule has 0 saturated heterocycles. The highest BCUT2D eigenvalue weighted by molar-refractivity contribution is 6.06. The molecule has 0 aliphatic rings. The molecule has 5 nitrogen and oxygen atoms in total. The normalized spacial score (nSPS) is 9.90. The molecule has 0 aliphatic heterocycles. The smallest absolute Gasteiger partial charge is 0.338 e. The molecule has 102 valence electrons. The van der Waals surface area contributed by atoms with Gasteiger partial charge in [-0.1, -0.05) is 12.1 Å². The number of pyridine rings is 1. The number of hydrogen-bond acceptors (Lipinski definition) is 4. The molecule has 0 saturated carbocycles. The second-order valence-corrected chi connectivity index (χ2v) is 4.14. The lowest BCUT2D eigenvalue weighted by molar-refractivity contribution is 0.0600. The Morgan fingerprint density at radius 3 is 2.50 bits per heavy atom. The van der Waals surface area contributed by atoms with Crippen molar-refractivity contribution < 1.29 is 14.3 Å². The fourth-order valence-corrected chi connectivity index (χ4v) is 1.83. The first-order valence-corrected chi connectivity index (χ1v) is 6.04. The summed E-state index contributed by atoms with van der Waals surface area (Å²) in [5.41, 5.74) is 1.37. The summed E-state index contributed by atoms with van der Waals surface area (Å²) in [5, 5.41) is 2.68. The zero-order valence-corrected chi connectivity index (χ0v) is 11.2. The van der Waals surface area contributed by atoms with Crippen LogP contribution >= 0.6 is 0 Å². The predicted octanol–water partition coefficient (Wildman–Crippen LogP) is 2.43. The maximum absolute atomic E-state index is 12.2. The van der Waals surface area contributed by atoms with E-state index in [0.717, 1.165) is 0 Å². The Morgan fingerprint density at radius 1 is 1.10 bits per heavy atom. The van der Waals surface area contributed by atoms with E-state index < -0.39 is 5.97 Å². The highest BCUT2D eigenvalue weighted by Gasteiger charge is 2.16. The van der Waals surface area contributed by atoms with Crippen LogP contribution in [0.15, 0.2) is 42.6 Å². The van der Waals surface area contributed by atoms with Gasteiger partial charge < -0.3 is 10.1 Å². The quantitative estimate of drug-likeness (QED) is 0.870. The van der Waals surface area contributed by atoms with Crippen LogP contribution in [0.1, 0.15) is 26.3 Å². The van der Waals surface area contributed by atoms with Gasteiger partial charge in [0, 0.05) is 11.8 Å². The van der Waals surface area contributed by atoms with Crippen molar-refractivity contribution in [3.05, 3.63) is 59.3 Å². The number of anilines is 1. The Morgan fingerprint density at radius 2 is 1.85 bits per heavy atom.